The van der Waals surface area contributed by atoms with Gasteiger partial charge in [0.05, 0.1) is 0 Å². The third kappa shape index (κ3) is 10.4. The maximum atomic E-state index is 3.16. The minimum atomic E-state index is 0. The Hall–Kier alpha value is -0.801. The molecule has 18 heavy (non-hydrogen) atoms. The Morgan fingerprint density at radius 2 is 1.61 bits per heavy atom. The molecule has 0 saturated heterocycles. The van der Waals surface area contributed by atoms with E-state index in [1.54, 1.807) is 0 Å². The van der Waals surface area contributed by atoms with Gasteiger partial charge in [-0.1, -0.05) is 62.0 Å². The van der Waals surface area contributed by atoms with Gasteiger partial charge in [-0.25, -0.2) is 0 Å². The molecule has 2 aromatic rings. The molecule has 0 bridgehead atoms. The molecule has 0 aromatic heterocycles. The van der Waals surface area contributed by atoms with Crippen molar-refractivity contribution < 1.29 is 1.43 Å². The van der Waals surface area contributed by atoms with E-state index < -0.39 is 0 Å². The molecule has 0 amide bonds. The molecular formula is C16H23NSn. The first kappa shape index (κ1) is 19.5. The van der Waals surface area contributed by atoms with Crippen LogP contribution in [0.1, 0.15) is 14.4 Å². The summed E-state index contributed by atoms with van der Waals surface area (Å²) in [6.45, 7) is 0.973. The molecule has 96 valence electrons. The summed E-state index contributed by atoms with van der Waals surface area (Å²) < 4.78 is 0. The van der Waals surface area contributed by atoms with E-state index in [1.165, 1.54) is 5.56 Å². The van der Waals surface area contributed by atoms with Crippen LogP contribution in [0.25, 0.3) is 0 Å². The van der Waals surface area contributed by atoms with Gasteiger partial charge in [-0.15, -0.1) is 0 Å². The van der Waals surface area contributed by atoms with Gasteiger partial charge in [-0.05, 0) is 31.8 Å². The fourth-order valence-electron chi connectivity index (χ4n) is 1.21. The van der Waals surface area contributed by atoms with Crippen LogP contribution in [0.3, 0.4) is 0 Å². The van der Waals surface area contributed by atoms with Crippen LogP contribution in [0.4, 0.5) is 0 Å². The van der Waals surface area contributed by atoms with Crippen molar-refractivity contribution in [3.63, 3.8) is 0 Å². The molecule has 0 fully saturated rings. The van der Waals surface area contributed by atoms with Crippen LogP contribution < -0.4 is 0 Å². The molecular weight excluding hydrogens is 325 g/mol. The molecule has 6 radical (unpaired) electrons. The predicted molar refractivity (Wildman–Crippen MR) is 82.5 cm³/mol. The van der Waals surface area contributed by atoms with Gasteiger partial charge in [0.15, 0.2) is 0 Å². The first-order valence-electron chi connectivity index (χ1n) is 5.30. The first-order chi connectivity index (χ1) is 7.79. The summed E-state index contributed by atoms with van der Waals surface area (Å²) in [5.41, 5.74) is 1.24. The zero-order valence-electron chi connectivity index (χ0n) is 10.4. The molecule has 0 atom stereocenters. The molecule has 0 aliphatic rings. The Labute approximate surface area is 130 Å². The third-order valence-electron chi connectivity index (χ3n) is 1.87. The summed E-state index contributed by atoms with van der Waals surface area (Å²) >= 11 is 0. The molecule has 0 saturated carbocycles. The first-order valence-corrected chi connectivity index (χ1v) is 5.30. The second-order valence-electron chi connectivity index (χ2n) is 3.70. The van der Waals surface area contributed by atoms with Gasteiger partial charge < -0.3 is 4.90 Å². The average molecular weight is 348 g/mol. The van der Waals surface area contributed by atoms with Gasteiger partial charge in [-0.2, -0.15) is 0 Å². The zero-order chi connectivity index (χ0) is 11.6. The van der Waals surface area contributed by atoms with E-state index in [-0.39, 0.29) is 32.8 Å². The van der Waals surface area contributed by atoms with Crippen LogP contribution in [-0.2, 0) is 6.54 Å². The third-order valence-corrected chi connectivity index (χ3v) is 1.87. The number of hydrogen-bond donors (Lipinski definition) is 0. The van der Waals surface area contributed by atoms with Gasteiger partial charge in [0.25, 0.3) is 0 Å². The van der Waals surface area contributed by atoms with Gasteiger partial charge >= 0.3 is 0 Å². The predicted octanol–water partition coefficient (Wildman–Crippen LogP) is 3.54. The van der Waals surface area contributed by atoms with E-state index >= 15 is 0 Å². The molecule has 2 heteroatoms. The second kappa shape index (κ2) is 12.7. The SMILES string of the molecule is C.CN(C)Cc1[c]cccc1.[HH].[Sn].[c]1ccccc1. The van der Waals surface area contributed by atoms with E-state index in [1.807, 2.05) is 48.5 Å². The quantitative estimate of drug-likeness (QED) is 0.751. The van der Waals surface area contributed by atoms with E-state index in [0.29, 0.717) is 0 Å². The van der Waals surface area contributed by atoms with Gasteiger partial charge in [0.1, 0.15) is 0 Å². The fourth-order valence-corrected chi connectivity index (χ4v) is 1.21. The van der Waals surface area contributed by atoms with Crippen LogP contribution >= 0.6 is 0 Å². The monoisotopic (exact) mass is 349 g/mol. The molecule has 0 N–H and O–H groups in total. The largest absolute Gasteiger partial charge is 0.305 e. The summed E-state index contributed by atoms with van der Waals surface area (Å²) in [6, 6.07) is 23.7. The van der Waals surface area contributed by atoms with Crippen molar-refractivity contribution in [1.82, 2.24) is 4.90 Å². The summed E-state index contributed by atoms with van der Waals surface area (Å²) in [6.07, 6.45) is 0. The minimum Gasteiger partial charge on any atom is -0.305 e. The van der Waals surface area contributed by atoms with E-state index in [0.717, 1.165) is 6.54 Å². The zero-order valence-corrected chi connectivity index (χ0v) is 13.2. The van der Waals surface area contributed by atoms with Crippen LogP contribution in [0, 0.1) is 12.1 Å². The summed E-state index contributed by atoms with van der Waals surface area (Å²) in [4.78, 5) is 2.13. The van der Waals surface area contributed by atoms with Crippen molar-refractivity contribution in [3.05, 3.63) is 72.3 Å². The number of rotatable bonds is 2. The van der Waals surface area contributed by atoms with Crippen molar-refractivity contribution in [2.24, 2.45) is 0 Å². The van der Waals surface area contributed by atoms with Crippen molar-refractivity contribution in [3.8, 4) is 0 Å². The molecule has 0 heterocycles. The Balaban J connectivity index is -0.000000252. The topological polar surface area (TPSA) is 3.24 Å². The van der Waals surface area contributed by atoms with Crippen molar-refractivity contribution in [2.75, 3.05) is 14.1 Å². The summed E-state index contributed by atoms with van der Waals surface area (Å²) in [7, 11) is 4.11. The Morgan fingerprint density at radius 3 is 1.94 bits per heavy atom. The number of hydrogen-bond acceptors (Lipinski definition) is 1. The molecule has 2 aromatic carbocycles. The molecule has 0 aliphatic carbocycles. The summed E-state index contributed by atoms with van der Waals surface area (Å²) in [5, 5.41) is 0. The van der Waals surface area contributed by atoms with Gasteiger partial charge in [-0.3, -0.25) is 0 Å². The average Bonchev–Trinajstić information content (AvgIpc) is 2.32. The maximum Gasteiger partial charge on any atom is 0.0233 e. The smallest absolute Gasteiger partial charge is 0.0233 e. The van der Waals surface area contributed by atoms with Crippen LogP contribution in [0.15, 0.2) is 54.6 Å². The Bertz CT molecular complexity index is 338. The molecule has 1 nitrogen and oxygen atoms in total. The van der Waals surface area contributed by atoms with E-state index in [2.05, 4.69) is 37.2 Å². The van der Waals surface area contributed by atoms with Gasteiger partial charge in [0, 0.05) is 31.9 Å². The minimum absolute atomic E-state index is 0. The van der Waals surface area contributed by atoms with Crippen molar-refractivity contribution >= 4 is 23.9 Å². The van der Waals surface area contributed by atoms with E-state index in [4.69, 9.17) is 0 Å². The van der Waals surface area contributed by atoms with Crippen LogP contribution in [-0.4, -0.2) is 42.9 Å². The van der Waals surface area contributed by atoms with Crippen LogP contribution in [0.5, 0.6) is 0 Å². The second-order valence-corrected chi connectivity index (χ2v) is 3.70. The summed E-state index contributed by atoms with van der Waals surface area (Å²) in [5.74, 6) is 0. The fraction of sp³-hybridized carbons (Fsp3) is 0.250. The van der Waals surface area contributed by atoms with Gasteiger partial charge in [0.2, 0.25) is 0 Å². The molecule has 2 rings (SSSR count). The number of nitrogens with zero attached hydrogens (tertiary/aromatic N) is 1. The van der Waals surface area contributed by atoms with E-state index in [9.17, 15) is 0 Å². The van der Waals surface area contributed by atoms with Crippen LogP contribution in [0.2, 0.25) is 0 Å². The molecule has 0 unspecified atom stereocenters. The standard InChI is InChI=1S/C9H12N.C6H5.CH4.Sn.H2/c1-10(2)8-9-6-4-3-5-7-9;1-2-4-6-5-3-1;;;/h3-6H,8H2,1-2H3;1-5H;1H4;;1H. The van der Waals surface area contributed by atoms with Crippen molar-refractivity contribution in [2.45, 2.75) is 14.0 Å². The normalized spacial score (nSPS) is 8.39. The maximum absolute atomic E-state index is 3.16. The Kier molecular flexibility index (Phi) is 13.7. The number of benzene rings is 2. The van der Waals surface area contributed by atoms with Crippen molar-refractivity contribution in [1.29, 1.82) is 0 Å². The molecule has 0 spiro atoms. The molecule has 0 aliphatic heterocycles. The Morgan fingerprint density at radius 1 is 1.00 bits per heavy atom.